The molecule has 0 saturated heterocycles. The van der Waals surface area contributed by atoms with E-state index in [0.717, 1.165) is 0 Å². The van der Waals surface area contributed by atoms with E-state index in [1.807, 2.05) is 6.07 Å². The highest BCUT2D eigenvalue weighted by atomic mass is 35.5. The summed E-state index contributed by atoms with van der Waals surface area (Å²) in [6, 6.07) is 5.71. The summed E-state index contributed by atoms with van der Waals surface area (Å²) in [7, 11) is 0. The SMILES string of the molecule is N#CCCC(=O)Nc1cc(Cl)ccc1F. The molecule has 0 heterocycles. The van der Waals surface area contributed by atoms with E-state index in [0.29, 0.717) is 5.02 Å². The van der Waals surface area contributed by atoms with E-state index in [-0.39, 0.29) is 18.5 Å². The summed E-state index contributed by atoms with van der Waals surface area (Å²) in [6.45, 7) is 0. The standard InChI is InChI=1S/C10H8ClFN2O/c11-7-3-4-8(12)9(6-7)14-10(15)2-1-5-13/h3-4,6H,1-2H2,(H,14,15). The van der Waals surface area contributed by atoms with Crippen molar-refractivity contribution in [2.45, 2.75) is 12.8 Å². The van der Waals surface area contributed by atoms with E-state index in [1.54, 1.807) is 0 Å². The van der Waals surface area contributed by atoms with Gasteiger partial charge in [0.25, 0.3) is 0 Å². The molecule has 0 saturated carbocycles. The number of halogens is 2. The minimum atomic E-state index is -0.551. The normalized spacial score (nSPS) is 9.40. The highest BCUT2D eigenvalue weighted by molar-refractivity contribution is 6.30. The molecule has 0 fully saturated rings. The van der Waals surface area contributed by atoms with E-state index in [9.17, 15) is 9.18 Å². The van der Waals surface area contributed by atoms with Gasteiger partial charge in [-0.1, -0.05) is 11.6 Å². The number of hydrogen-bond donors (Lipinski definition) is 1. The van der Waals surface area contributed by atoms with E-state index in [2.05, 4.69) is 5.32 Å². The van der Waals surface area contributed by atoms with Crippen molar-refractivity contribution >= 4 is 23.2 Å². The van der Waals surface area contributed by atoms with Gasteiger partial charge in [0.2, 0.25) is 5.91 Å². The van der Waals surface area contributed by atoms with Crippen molar-refractivity contribution in [2.24, 2.45) is 0 Å². The van der Waals surface area contributed by atoms with Crippen LogP contribution in [0.4, 0.5) is 10.1 Å². The first-order valence-electron chi connectivity index (χ1n) is 4.25. The van der Waals surface area contributed by atoms with Crippen LogP contribution in [0.2, 0.25) is 5.02 Å². The number of nitriles is 1. The molecule has 0 radical (unpaired) electrons. The summed E-state index contributed by atoms with van der Waals surface area (Å²) >= 11 is 5.63. The van der Waals surface area contributed by atoms with Crippen LogP contribution in [0.15, 0.2) is 18.2 Å². The molecule has 1 amide bonds. The maximum absolute atomic E-state index is 13.1. The first-order chi connectivity index (χ1) is 7.13. The van der Waals surface area contributed by atoms with Crippen molar-refractivity contribution < 1.29 is 9.18 Å². The van der Waals surface area contributed by atoms with Crippen molar-refractivity contribution in [1.82, 2.24) is 0 Å². The number of nitrogens with one attached hydrogen (secondary N) is 1. The van der Waals surface area contributed by atoms with E-state index in [1.165, 1.54) is 18.2 Å². The Morgan fingerprint density at radius 3 is 3.00 bits per heavy atom. The lowest BCUT2D eigenvalue weighted by Crippen LogP contribution is -2.11. The average molecular weight is 227 g/mol. The third-order valence-corrected chi connectivity index (χ3v) is 1.90. The van der Waals surface area contributed by atoms with Crippen LogP contribution in [0.3, 0.4) is 0 Å². The predicted molar refractivity (Wildman–Crippen MR) is 54.9 cm³/mol. The molecule has 0 aliphatic rings. The number of carbonyl (C=O) groups is 1. The van der Waals surface area contributed by atoms with Gasteiger partial charge in [-0.2, -0.15) is 5.26 Å². The van der Waals surface area contributed by atoms with Crippen LogP contribution in [0.1, 0.15) is 12.8 Å². The highest BCUT2D eigenvalue weighted by Gasteiger charge is 2.06. The summed E-state index contributed by atoms with van der Waals surface area (Å²) in [4.78, 5) is 11.2. The van der Waals surface area contributed by atoms with Gasteiger partial charge in [0.1, 0.15) is 5.82 Å². The molecule has 0 spiro atoms. The average Bonchev–Trinajstić information content (AvgIpc) is 2.20. The fraction of sp³-hybridized carbons (Fsp3) is 0.200. The first kappa shape index (κ1) is 11.5. The van der Waals surface area contributed by atoms with Gasteiger partial charge in [0, 0.05) is 17.9 Å². The molecule has 3 nitrogen and oxygen atoms in total. The van der Waals surface area contributed by atoms with E-state index >= 15 is 0 Å². The van der Waals surface area contributed by atoms with Crippen molar-refractivity contribution in [3.8, 4) is 6.07 Å². The molecule has 0 aliphatic heterocycles. The maximum atomic E-state index is 13.1. The second kappa shape index (κ2) is 5.32. The third-order valence-electron chi connectivity index (χ3n) is 1.67. The number of nitrogens with zero attached hydrogens (tertiary/aromatic N) is 1. The molecule has 0 atom stereocenters. The van der Waals surface area contributed by atoms with Gasteiger partial charge in [-0.15, -0.1) is 0 Å². The minimum absolute atomic E-state index is 0.0328. The Hall–Kier alpha value is -1.60. The summed E-state index contributed by atoms with van der Waals surface area (Å²) < 4.78 is 13.1. The Morgan fingerprint density at radius 1 is 1.60 bits per heavy atom. The topological polar surface area (TPSA) is 52.9 Å². The molecule has 0 aromatic heterocycles. The molecule has 1 rings (SSSR count). The zero-order chi connectivity index (χ0) is 11.3. The molecule has 0 aliphatic carbocycles. The third kappa shape index (κ3) is 3.56. The van der Waals surface area contributed by atoms with Crippen LogP contribution in [-0.4, -0.2) is 5.91 Å². The number of benzene rings is 1. The van der Waals surface area contributed by atoms with Crippen LogP contribution >= 0.6 is 11.6 Å². The zero-order valence-corrected chi connectivity index (χ0v) is 8.51. The van der Waals surface area contributed by atoms with Crippen LogP contribution in [0.25, 0.3) is 0 Å². The Kier molecular flexibility index (Phi) is 4.07. The van der Waals surface area contributed by atoms with Gasteiger partial charge in [-0.05, 0) is 18.2 Å². The molecule has 1 N–H and O–H groups in total. The lowest BCUT2D eigenvalue weighted by atomic mass is 10.2. The van der Waals surface area contributed by atoms with Crippen molar-refractivity contribution in [3.05, 3.63) is 29.0 Å². The predicted octanol–water partition coefficient (Wildman–Crippen LogP) is 2.72. The van der Waals surface area contributed by atoms with Crippen molar-refractivity contribution in [2.75, 3.05) is 5.32 Å². The van der Waals surface area contributed by atoms with Crippen LogP contribution in [0, 0.1) is 17.1 Å². The molecular weight excluding hydrogens is 219 g/mol. The van der Waals surface area contributed by atoms with Gasteiger partial charge in [0.15, 0.2) is 0 Å². The van der Waals surface area contributed by atoms with E-state index < -0.39 is 11.7 Å². The smallest absolute Gasteiger partial charge is 0.225 e. The Labute approximate surface area is 91.5 Å². The molecule has 78 valence electrons. The highest BCUT2D eigenvalue weighted by Crippen LogP contribution is 2.19. The molecule has 0 bridgehead atoms. The fourth-order valence-electron chi connectivity index (χ4n) is 0.975. The quantitative estimate of drug-likeness (QED) is 0.862. The molecule has 5 heteroatoms. The van der Waals surface area contributed by atoms with Gasteiger partial charge >= 0.3 is 0 Å². The van der Waals surface area contributed by atoms with Gasteiger partial charge < -0.3 is 5.32 Å². The van der Waals surface area contributed by atoms with Gasteiger partial charge in [-0.3, -0.25) is 4.79 Å². The summed E-state index contributed by atoms with van der Waals surface area (Å²) in [5.74, 6) is -0.956. The van der Waals surface area contributed by atoms with Crippen molar-refractivity contribution in [1.29, 1.82) is 5.26 Å². The Morgan fingerprint density at radius 2 is 2.33 bits per heavy atom. The van der Waals surface area contributed by atoms with Gasteiger partial charge in [-0.25, -0.2) is 4.39 Å². The number of carbonyl (C=O) groups excluding carboxylic acids is 1. The number of anilines is 1. The molecule has 15 heavy (non-hydrogen) atoms. The zero-order valence-electron chi connectivity index (χ0n) is 7.76. The van der Waals surface area contributed by atoms with Crippen molar-refractivity contribution in [3.63, 3.8) is 0 Å². The van der Waals surface area contributed by atoms with Crippen LogP contribution < -0.4 is 5.32 Å². The van der Waals surface area contributed by atoms with Crippen LogP contribution in [0.5, 0.6) is 0 Å². The lowest BCUT2D eigenvalue weighted by molar-refractivity contribution is -0.116. The second-order valence-electron chi connectivity index (χ2n) is 2.83. The summed E-state index contributed by atoms with van der Waals surface area (Å²) in [5.41, 5.74) is 0.0328. The molecule has 1 aromatic carbocycles. The monoisotopic (exact) mass is 226 g/mol. The molecule has 1 aromatic rings. The van der Waals surface area contributed by atoms with Crippen LogP contribution in [-0.2, 0) is 4.79 Å². The number of hydrogen-bond acceptors (Lipinski definition) is 2. The largest absolute Gasteiger partial charge is 0.324 e. The van der Waals surface area contributed by atoms with E-state index in [4.69, 9.17) is 16.9 Å². The fourth-order valence-corrected chi connectivity index (χ4v) is 1.15. The number of rotatable bonds is 3. The second-order valence-corrected chi connectivity index (χ2v) is 3.27. The first-order valence-corrected chi connectivity index (χ1v) is 4.63. The summed E-state index contributed by atoms with van der Waals surface area (Å²) in [6.07, 6.45) is 0.149. The maximum Gasteiger partial charge on any atom is 0.225 e. The molecule has 0 unspecified atom stereocenters. The number of amides is 1. The Balaban J connectivity index is 2.68. The molecular formula is C10H8ClFN2O. The summed E-state index contributed by atoms with van der Waals surface area (Å²) in [5, 5.41) is 10.9. The Bertz CT molecular complexity index is 414. The lowest BCUT2D eigenvalue weighted by Gasteiger charge is -2.05. The van der Waals surface area contributed by atoms with Gasteiger partial charge in [0.05, 0.1) is 11.8 Å². The minimum Gasteiger partial charge on any atom is -0.324 e.